The molecule has 5 heteroatoms. The number of fused-ring (bicyclic) bond motifs is 1. The van der Waals surface area contributed by atoms with Gasteiger partial charge in [0, 0.05) is 18.0 Å². The van der Waals surface area contributed by atoms with Gasteiger partial charge in [0.1, 0.15) is 0 Å². The van der Waals surface area contributed by atoms with E-state index in [4.69, 9.17) is 0 Å². The fraction of sp³-hybridized carbons (Fsp3) is 0.100. The van der Waals surface area contributed by atoms with Gasteiger partial charge in [0.2, 0.25) is 0 Å². The van der Waals surface area contributed by atoms with Crippen molar-refractivity contribution in [2.24, 2.45) is 5.10 Å². The predicted octanol–water partition coefficient (Wildman–Crippen LogP) is 0.784. The summed E-state index contributed by atoms with van der Waals surface area (Å²) in [6.07, 6.45) is 0. The van der Waals surface area contributed by atoms with Crippen molar-refractivity contribution in [1.82, 2.24) is 21.1 Å². The first-order valence-corrected chi connectivity index (χ1v) is 4.75. The molecule has 0 saturated heterocycles. The van der Waals surface area contributed by atoms with Crippen LogP contribution in [0.15, 0.2) is 35.4 Å². The van der Waals surface area contributed by atoms with Crippen LogP contribution in [-0.4, -0.2) is 22.9 Å². The van der Waals surface area contributed by atoms with Crippen LogP contribution >= 0.6 is 0 Å². The number of para-hydroxylation sites is 1. The highest BCUT2D eigenvalue weighted by Gasteiger charge is 2.16. The SMILES string of the molecule is CN1NNN=C1c1cc2ccccc2[nH]1. The average molecular weight is 201 g/mol. The Morgan fingerprint density at radius 3 is 2.87 bits per heavy atom. The lowest BCUT2D eigenvalue weighted by Gasteiger charge is -2.09. The van der Waals surface area contributed by atoms with Crippen molar-refractivity contribution in [3.05, 3.63) is 36.0 Å². The van der Waals surface area contributed by atoms with Gasteiger partial charge in [-0.05, 0) is 12.1 Å². The van der Waals surface area contributed by atoms with E-state index < -0.39 is 0 Å². The Kier molecular flexibility index (Phi) is 1.66. The number of hydrogen-bond acceptors (Lipinski definition) is 4. The Bertz CT molecular complexity index is 494. The maximum absolute atomic E-state index is 4.13. The number of nitrogens with zero attached hydrogens (tertiary/aromatic N) is 2. The second-order valence-electron chi connectivity index (χ2n) is 3.49. The van der Waals surface area contributed by atoms with Gasteiger partial charge < -0.3 is 4.98 Å². The standard InChI is InChI=1S/C10H11N5/c1-15-10(12-13-14-15)9-6-7-4-2-3-5-8(7)11-9/h2-6,11,13-14H,1H3. The van der Waals surface area contributed by atoms with Crippen molar-refractivity contribution in [2.75, 3.05) is 7.05 Å². The number of hydrazine groups is 2. The zero-order chi connectivity index (χ0) is 10.3. The van der Waals surface area contributed by atoms with E-state index in [1.165, 1.54) is 5.39 Å². The number of H-pyrrole nitrogens is 1. The highest BCUT2D eigenvalue weighted by molar-refractivity contribution is 6.01. The summed E-state index contributed by atoms with van der Waals surface area (Å²) in [5.74, 6) is 0.853. The van der Waals surface area contributed by atoms with E-state index in [9.17, 15) is 0 Å². The Hall–Kier alpha value is -2.01. The zero-order valence-electron chi connectivity index (χ0n) is 8.28. The van der Waals surface area contributed by atoms with E-state index in [1.54, 1.807) is 0 Å². The molecule has 1 aromatic heterocycles. The van der Waals surface area contributed by atoms with Crippen LogP contribution in [0.2, 0.25) is 0 Å². The van der Waals surface area contributed by atoms with Crippen LogP contribution in [0.4, 0.5) is 0 Å². The molecule has 1 aromatic carbocycles. The van der Waals surface area contributed by atoms with E-state index in [1.807, 2.05) is 24.2 Å². The van der Waals surface area contributed by atoms with Crippen molar-refractivity contribution < 1.29 is 0 Å². The number of benzene rings is 1. The van der Waals surface area contributed by atoms with Crippen LogP contribution in [-0.2, 0) is 0 Å². The fourth-order valence-corrected chi connectivity index (χ4v) is 1.72. The molecule has 1 aliphatic heterocycles. The highest BCUT2D eigenvalue weighted by Crippen LogP contribution is 2.16. The van der Waals surface area contributed by atoms with Gasteiger partial charge in [0.15, 0.2) is 5.84 Å². The van der Waals surface area contributed by atoms with Crippen LogP contribution in [0.5, 0.6) is 0 Å². The molecule has 0 unspecified atom stereocenters. The van der Waals surface area contributed by atoms with Crippen LogP contribution in [0.1, 0.15) is 5.69 Å². The molecular weight excluding hydrogens is 190 g/mol. The van der Waals surface area contributed by atoms with Crippen LogP contribution in [0.25, 0.3) is 10.9 Å². The Morgan fingerprint density at radius 1 is 1.27 bits per heavy atom. The molecule has 0 saturated carbocycles. The molecule has 0 bridgehead atoms. The first-order valence-electron chi connectivity index (χ1n) is 4.75. The topological polar surface area (TPSA) is 55.4 Å². The summed E-state index contributed by atoms with van der Waals surface area (Å²) in [6, 6.07) is 10.2. The van der Waals surface area contributed by atoms with Crippen molar-refractivity contribution in [2.45, 2.75) is 0 Å². The van der Waals surface area contributed by atoms with Gasteiger partial charge >= 0.3 is 0 Å². The second-order valence-corrected chi connectivity index (χ2v) is 3.49. The van der Waals surface area contributed by atoms with Gasteiger partial charge in [-0.25, -0.2) is 5.53 Å². The number of aromatic nitrogens is 1. The molecule has 2 aromatic rings. The average Bonchev–Trinajstić information content (AvgIpc) is 2.82. The first kappa shape index (κ1) is 8.31. The molecule has 5 nitrogen and oxygen atoms in total. The normalized spacial score (nSPS) is 15.5. The second kappa shape index (κ2) is 2.99. The molecule has 0 radical (unpaired) electrons. The number of nitrogens with one attached hydrogen (secondary N) is 3. The molecule has 0 amide bonds. The predicted molar refractivity (Wildman–Crippen MR) is 58.9 cm³/mol. The summed E-state index contributed by atoms with van der Waals surface area (Å²) in [7, 11) is 1.91. The first-order chi connectivity index (χ1) is 7.34. The minimum absolute atomic E-state index is 0.853. The lowest BCUT2D eigenvalue weighted by Crippen LogP contribution is -2.37. The number of hydrazone groups is 1. The van der Waals surface area contributed by atoms with Gasteiger partial charge in [-0.15, -0.1) is 10.6 Å². The molecule has 1 aliphatic rings. The van der Waals surface area contributed by atoms with E-state index in [0.717, 1.165) is 17.0 Å². The minimum Gasteiger partial charge on any atom is -0.352 e. The monoisotopic (exact) mass is 201 g/mol. The lowest BCUT2D eigenvalue weighted by molar-refractivity contribution is 0.348. The Balaban J connectivity index is 2.12. The molecule has 0 atom stereocenters. The van der Waals surface area contributed by atoms with Crippen molar-refractivity contribution >= 4 is 16.7 Å². The van der Waals surface area contributed by atoms with Gasteiger partial charge in [0.25, 0.3) is 0 Å². The number of hydrogen-bond donors (Lipinski definition) is 3. The molecule has 0 aliphatic carbocycles. The minimum atomic E-state index is 0.853. The molecular formula is C10H11N5. The zero-order valence-corrected chi connectivity index (χ0v) is 8.28. The number of amidine groups is 1. The van der Waals surface area contributed by atoms with Gasteiger partial charge in [-0.2, -0.15) is 0 Å². The summed E-state index contributed by atoms with van der Waals surface area (Å²) < 4.78 is 0. The van der Waals surface area contributed by atoms with Crippen molar-refractivity contribution in [3.8, 4) is 0 Å². The summed E-state index contributed by atoms with van der Waals surface area (Å²) in [6.45, 7) is 0. The Morgan fingerprint density at radius 2 is 2.13 bits per heavy atom. The molecule has 76 valence electrons. The lowest BCUT2D eigenvalue weighted by atomic mass is 10.2. The van der Waals surface area contributed by atoms with E-state index in [0.29, 0.717) is 0 Å². The molecule has 0 fully saturated rings. The van der Waals surface area contributed by atoms with Crippen LogP contribution in [0.3, 0.4) is 0 Å². The third-order valence-electron chi connectivity index (χ3n) is 2.47. The van der Waals surface area contributed by atoms with Gasteiger partial charge in [-0.1, -0.05) is 18.2 Å². The third-order valence-corrected chi connectivity index (χ3v) is 2.47. The summed E-state index contributed by atoms with van der Waals surface area (Å²) >= 11 is 0. The molecule has 15 heavy (non-hydrogen) atoms. The molecule has 2 heterocycles. The van der Waals surface area contributed by atoms with E-state index in [-0.39, 0.29) is 0 Å². The van der Waals surface area contributed by atoms with E-state index >= 15 is 0 Å². The summed E-state index contributed by atoms with van der Waals surface area (Å²) in [5, 5.41) is 7.15. The number of rotatable bonds is 1. The molecule has 3 rings (SSSR count). The molecule has 0 spiro atoms. The van der Waals surface area contributed by atoms with Crippen LogP contribution < -0.4 is 11.1 Å². The van der Waals surface area contributed by atoms with Gasteiger partial charge in [0.05, 0.1) is 5.69 Å². The summed E-state index contributed by atoms with van der Waals surface area (Å²) in [4.78, 5) is 3.32. The number of aromatic amines is 1. The maximum Gasteiger partial charge on any atom is 0.189 e. The third kappa shape index (κ3) is 1.25. The van der Waals surface area contributed by atoms with Crippen molar-refractivity contribution in [3.63, 3.8) is 0 Å². The maximum atomic E-state index is 4.13. The largest absolute Gasteiger partial charge is 0.352 e. The van der Waals surface area contributed by atoms with Crippen molar-refractivity contribution in [1.29, 1.82) is 0 Å². The molecule has 3 N–H and O–H groups in total. The fourth-order valence-electron chi connectivity index (χ4n) is 1.72. The smallest absolute Gasteiger partial charge is 0.189 e. The van der Waals surface area contributed by atoms with Crippen LogP contribution in [0, 0.1) is 0 Å². The quantitative estimate of drug-likeness (QED) is 0.639. The Labute approximate surface area is 86.7 Å². The van der Waals surface area contributed by atoms with Gasteiger partial charge in [-0.3, -0.25) is 5.01 Å². The summed E-state index contributed by atoms with van der Waals surface area (Å²) in [5.41, 5.74) is 7.70. The highest BCUT2D eigenvalue weighted by atomic mass is 15.8. The van der Waals surface area contributed by atoms with E-state index in [2.05, 4.69) is 39.4 Å².